The molecule has 0 aliphatic heterocycles. The molecule has 0 N–H and O–H groups in total. The van der Waals surface area contributed by atoms with Crippen molar-refractivity contribution in [3.8, 4) is 0 Å². The molecule has 1 aliphatic carbocycles. The summed E-state index contributed by atoms with van der Waals surface area (Å²) in [5.41, 5.74) is 1.22. The lowest BCUT2D eigenvalue weighted by molar-refractivity contribution is 0.284. The van der Waals surface area contributed by atoms with Crippen LogP contribution < -0.4 is 0 Å². The summed E-state index contributed by atoms with van der Waals surface area (Å²) < 4.78 is 2.16. The normalized spacial score (nSPS) is 17.8. The van der Waals surface area contributed by atoms with Crippen LogP contribution in [0.2, 0.25) is 10.0 Å². The van der Waals surface area contributed by atoms with E-state index < -0.39 is 0 Å². The molecule has 2 nitrogen and oxygen atoms in total. The van der Waals surface area contributed by atoms with Crippen LogP contribution in [0.5, 0.6) is 0 Å². The molecule has 0 saturated heterocycles. The highest BCUT2D eigenvalue weighted by Gasteiger charge is 2.27. The van der Waals surface area contributed by atoms with Gasteiger partial charge in [0, 0.05) is 34.9 Å². The molecular weight excluding hydrogens is 303 g/mol. The second-order valence-electron chi connectivity index (χ2n) is 5.93. The van der Waals surface area contributed by atoms with Crippen molar-refractivity contribution in [1.82, 2.24) is 9.55 Å². The standard InChI is InChI=1S/C17H20Cl2N2/c18-14-6-7-15(17(19)10-14)16(11-21-9-8-20-12-21)13-4-2-1-3-5-13/h6-10,12-13,16H,1-5,11H2. The lowest BCUT2D eigenvalue weighted by Crippen LogP contribution is -2.21. The molecule has 1 saturated carbocycles. The summed E-state index contributed by atoms with van der Waals surface area (Å²) in [6.45, 7) is 0.937. The Morgan fingerprint density at radius 3 is 2.67 bits per heavy atom. The van der Waals surface area contributed by atoms with Gasteiger partial charge in [0.05, 0.1) is 6.33 Å². The highest BCUT2D eigenvalue weighted by molar-refractivity contribution is 6.35. The fraction of sp³-hybridized carbons (Fsp3) is 0.471. The first-order valence-corrected chi connectivity index (χ1v) is 8.40. The van der Waals surface area contributed by atoms with Crippen LogP contribution in [0.25, 0.3) is 0 Å². The van der Waals surface area contributed by atoms with E-state index in [2.05, 4.69) is 15.6 Å². The molecule has 1 aromatic carbocycles. The zero-order valence-electron chi connectivity index (χ0n) is 12.0. The van der Waals surface area contributed by atoms with Crippen LogP contribution in [0, 0.1) is 5.92 Å². The molecule has 21 heavy (non-hydrogen) atoms. The van der Waals surface area contributed by atoms with Crippen LogP contribution in [0.4, 0.5) is 0 Å². The molecule has 1 unspecified atom stereocenters. The smallest absolute Gasteiger partial charge is 0.0946 e. The SMILES string of the molecule is Clc1ccc(C(Cn2ccnc2)C2CCCCC2)c(Cl)c1. The average molecular weight is 323 g/mol. The number of rotatable bonds is 4. The largest absolute Gasteiger partial charge is 0.337 e. The van der Waals surface area contributed by atoms with Crippen molar-refractivity contribution in [2.75, 3.05) is 0 Å². The summed E-state index contributed by atoms with van der Waals surface area (Å²) in [5.74, 6) is 1.13. The maximum atomic E-state index is 6.47. The maximum absolute atomic E-state index is 6.47. The topological polar surface area (TPSA) is 17.8 Å². The van der Waals surface area contributed by atoms with Gasteiger partial charge in [0.2, 0.25) is 0 Å². The maximum Gasteiger partial charge on any atom is 0.0946 e. The Hall–Kier alpha value is -0.990. The molecule has 0 spiro atoms. The van der Waals surface area contributed by atoms with Crippen LogP contribution >= 0.6 is 23.2 Å². The van der Waals surface area contributed by atoms with Gasteiger partial charge in [-0.15, -0.1) is 0 Å². The third-order valence-corrected chi connectivity index (χ3v) is 5.11. The van der Waals surface area contributed by atoms with E-state index in [9.17, 15) is 0 Å². The van der Waals surface area contributed by atoms with Gasteiger partial charge >= 0.3 is 0 Å². The van der Waals surface area contributed by atoms with Crippen molar-refractivity contribution in [3.63, 3.8) is 0 Å². The number of imidazole rings is 1. The van der Waals surface area contributed by atoms with Gasteiger partial charge in [0.1, 0.15) is 0 Å². The van der Waals surface area contributed by atoms with Gasteiger partial charge in [-0.2, -0.15) is 0 Å². The van der Waals surface area contributed by atoms with Gasteiger partial charge in [-0.25, -0.2) is 4.98 Å². The summed E-state index contributed by atoms with van der Waals surface area (Å²) in [4.78, 5) is 4.16. The molecule has 1 atom stereocenters. The minimum absolute atomic E-state index is 0.435. The lowest BCUT2D eigenvalue weighted by Gasteiger charge is -2.31. The average Bonchev–Trinajstić information content (AvgIpc) is 2.99. The minimum atomic E-state index is 0.435. The molecule has 1 aromatic heterocycles. The Morgan fingerprint density at radius 2 is 2.00 bits per heavy atom. The van der Waals surface area contributed by atoms with Gasteiger partial charge in [-0.3, -0.25) is 0 Å². The summed E-state index contributed by atoms with van der Waals surface area (Å²) in [6, 6.07) is 5.91. The van der Waals surface area contributed by atoms with Crippen molar-refractivity contribution in [1.29, 1.82) is 0 Å². The molecule has 0 bridgehead atoms. The van der Waals surface area contributed by atoms with E-state index >= 15 is 0 Å². The lowest BCUT2D eigenvalue weighted by atomic mass is 9.76. The minimum Gasteiger partial charge on any atom is -0.337 e. The Labute approximate surface area is 136 Å². The van der Waals surface area contributed by atoms with Gasteiger partial charge < -0.3 is 4.57 Å². The molecule has 0 radical (unpaired) electrons. The molecule has 112 valence electrons. The van der Waals surface area contributed by atoms with E-state index in [4.69, 9.17) is 23.2 Å². The quantitative estimate of drug-likeness (QED) is 0.721. The number of halogens is 2. The fourth-order valence-electron chi connectivity index (χ4n) is 3.46. The van der Waals surface area contributed by atoms with Crippen LogP contribution in [-0.2, 0) is 6.54 Å². The third-order valence-electron chi connectivity index (χ3n) is 4.55. The summed E-state index contributed by atoms with van der Waals surface area (Å²) in [5, 5.41) is 1.49. The Balaban J connectivity index is 1.90. The highest BCUT2D eigenvalue weighted by atomic mass is 35.5. The van der Waals surface area contributed by atoms with Crippen LogP contribution in [-0.4, -0.2) is 9.55 Å². The first kappa shape index (κ1) is 14.9. The van der Waals surface area contributed by atoms with Crippen LogP contribution in [0.1, 0.15) is 43.6 Å². The van der Waals surface area contributed by atoms with E-state index in [1.807, 2.05) is 30.9 Å². The Bertz CT molecular complexity index is 574. The summed E-state index contributed by atoms with van der Waals surface area (Å²) in [6.07, 6.45) is 12.4. The van der Waals surface area contributed by atoms with Crippen molar-refractivity contribution < 1.29 is 0 Å². The van der Waals surface area contributed by atoms with Crippen molar-refractivity contribution in [2.24, 2.45) is 5.92 Å². The molecular formula is C17H20Cl2N2. The summed E-state index contributed by atoms with van der Waals surface area (Å²) >= 11 is 12.5. The predicted molar refractivity (Wildman–Crippen MR) is 88.0 cm³/mol. The van der Waals surface area contributed by atoms with E-state index in [0.717, 1.165) is 11.6 Å². The number of aromatic nitrogens is 2. The second kappa shape index (κ2) is 6.85. The van der Waals surface area contributed by atoms with Crippen LogP contribution in [0.3, 0.4) is 0 Å². The predicted octanol–water partition coefficient (Wildman–Crippen LogP) is 5.55. The molecule has 1 fully saturated rings. The molecule has 4 heteroatoms. The Kier molecular flexibility index (Phi) is 4.87. The number of nitrogens with zero attached hydrogens (tertiary/aromatic N) is 2. The highest BCUT2D eigenvalue weighted by Crippen LogP contribution is 2.40. The molecule has 1 heterocycles. The van der Waals surface area contributed by atoms with E-state index in [1.54, 1.807) is 0 Å². The first-order valence-electron chi connectivity index (χ1n) is 7.65. The van der Waals surface area contributed by atoms with E-state index in [0.29, 0.717) is 16.9 Å². The molecule has 2 aromatic rings. The van der Waals surface area contributed by atoms with Gasteiger partial charge in [0.15, 0.2) is 0 Å². The van der Waals surface area contributed by atoms with Gasteiger partial charge in [-0.1, -0.05) is 48.5 Å². The zero-order valence-corrected chi connectivity index (χ0v) is 13.5. The third kappa shape index (κ3) is 3.61. The fourth-order valence-corrected chi connectivity index (χ4v) is 4.01. The second-order valence-corrected chi connectivity index (χ2v) is 6.77. The molecule has 1 aliphatic rings. The number of hydrogen-bond acceptors (Lipinski definition) is 1. The first-order chi connectivity index (χ1) is 10.2. The zero-order chi connectivity index (χ0) is 14.7. The molecule has 3 rings (SSSR count). The van der Waals surface area contributed by atoms with Gasteiger partial charge in [-0.05, 0) is 36.5 Å². The van der Waals surface area contributed by atoms with Crippen molar-refractivity contribution >= 4 is 23.2 Å². The van der Waals surface area contributed by atoms with E-state index in [-0.39, 0.29) is 0 Å². The van der Waals surface area contributed by atoms with Crippen molar-refractivity contribution in [2.45, 2.75) is 44.6 Å². The van der Waals surface area contributed by atoms with Gasteiger partial charge in [0.25, 0.3) is 0 Å². The van der Waals surface area contributed by atoms with Crippen molar-refractivity contribution in [3.05, 3.63) is 52.5 Å². The number of benzene rings is 1. The Morgan fingerprint density at radius 1 is 1.19 bits per heavy atom. The molecule has 0 amide bonds. The summed E-state index contributed by atoms with van der Waals surface area (Å²) in [7, 11) is 0. The van der Waals surface area contributed by atoms with Crippen LogP contribution in [0.15, 0.2) is 36.9 Å². The van der Waals surface area contributed by atoms with E-state index in [1.165, 1.54) is 37.7 Å². The number of hydrogen-bond donors (Lipinski definition) is 0. The monoisotopic (exact) mass is 322 g/mol.